The summed E-state index contributed by atoms with van der Waals surface area (Å²) >= 11 is 0. The molecule has 0 saturated carbocycles. The lowest BCUT2D eigenvalue weighted by molar-refractivity contribution is 0.588. The van der Waals surface area contributed by atoms with Gasteiger partial charge in [-0.15, -0.1) is 0 Å². The van der Waals surface area contributed by atoms with E-state index in [2.05, 4.69) is 4.98 Å². The van der Waals surface area contributed by atoms with Crippen molar-refractivity contribution >= 4 is 5.82 Å². The molecule has 0 radical (unpaired) electrons. The number of hydrogen-bond acceptors (Lipinski definition) is 2. The summed E-state index contributed by atoms with van der Waals surface area (Å²) in [7, 11) is 0. The second-order valence-corrected chi connectivity index (χ2v) is 3.90. The van der Waals surface area contributed by atoms with Crippen molar-refractivity contribution in [2.75, 3.05) is 5.73 Å². The average molecular weight is 234 g/mol. The molecule has 1 heterocycles. The molecular formula is C13H12F2N2. The fourth-order valence-corrected chi connectivity index (χ4v) is 1.71. The largest absolute Gasteiger partial charge is 0.383 e. The van der Waals surface area contributed by atoms with Gasteiger partial charge < -0.3 is 5.73 Å². The monoisotopic (exact) mass is 234 g/mol. The number of nitrogen functional groups attached to an aromatic ring is 1. The van der Waals surface area contributed by atoms with Crippen LogP contribution in [0.4, 0.5) is 14.6 Å². The molecule has 2 N–H and O–H groups in total. The van der Waals surface area contributed by atoms with Crippen molar-refractivity contribution in [3.63, 3.8) is 0 Å². The van der Waals surface area contributed by atoms with Crippen LogP contribution in [0.1, 0.15) is 16.7 Å². The minimum atomic E-state index is -0.457. The van der Waals surface area contributed by atoms with Crippen molar-refractivity contribution < 1.29 is 8.78 Å². The Morgan fingerprint density at radius 2 is 2.00 bits per heavy atom. The van der Waals surface area contributed by atoms with Crippen LogP contribution in [0.2, 0.25) is 0 Å². The van der Waals surface area contributed by atoms with Crippen LogP contribution in [-0.2, 0) is 6.42 Å². The first kappa shape index (κ1) is 11.5. The minimum Gasteiger partial charge on any atom is -0.383 e. The lowest BCUT2D eigenvalue weighted by atomic mass is 10.0. The molecule has 0 fully saturated rings. The van der Waals surface area contributed by atoms with Crippen LogP contribution in [0.15, 0.2) is 30.5 Å². The van der Waals surface area contributed by atoms with Gasteiger partial charge in [-0.2, -0.15) is 0 Å². The predicted octanol–water partition coefficient (Wildman–Crippen LogP) is 2.84. The second kappa shape index (κ2) is 4.49. The number of benzene rings is 1. The summed E-state index contributed by atoms with van der Waals surface area (Å²) in [5.74, 6) is -0.538. The minimum absolute atomic E-state index is 0.245. The molecule has 2 rings (SSSR count). The zero-order valence-electron chi connectivity index (χ0n) is 9.37. The number of halogens is 2. The predicted molar refractivity (Wildman–Crippen MR) is 62.6 cm³/mol. The average Bonchev–Trinajstić information content (AvgIpc) is 2.28. The quantitative estimate of drug-likeness (QED) is 0.867. The summed E-state index contributed by atoms with van der Waals surface area (Å²) < 4.78 is 26.5. The molecule has 0 amide bonds. The summed E-state index contributed by atoms with van der Waals surface area (Å²) in [6, 6.07) is 5.19. The van der Waals surface area contributed by atoms with Gasteiger partial charge in [0, 0.05) is 18.2 Å². The van der Waals surface area contributed by atoms with E-state index in [9.17, 15) is 8.78 Å². The van der Waals surface area contributed by atoms with Crippen molar-refractivity contribution in [2.24, 2.45) is 0 Å². The maximum Gasteiger partial charge on any atom is 0.127 e. The molecule has 0 atom stereocenters. The van der Waals surface area contributed by atoms with Gasteiger partial charge in [-0.1, -0.05) is 0 Å². The third-order valence-electron chi connectivity index (χ3n) is 2.70. The summed E-state index contributed by atoms with van der Waals surface area (Å²) in [4.78, 5) is 3.95. The molecule has 2 nitrogen and oxygen atoms in total. The Hall–Kier alpha value is -1.97. The smallest absolute Gasteiger partial charge is 0.127 e. The van der Waals surface area contributed by atoms with Crippen molar-refractivity contribution in [3.05, 3.63) is 58.8 Å². The molecule has 2 aromatic rings. The maximum atomic E-state index is 13.5. The highest BCUT2D eigenvalue weighted by molar-refractivity contribution is 5.46. The Morgan fingerprint density at radius 3 is 2.71 bits per heavy atom. The highest BCUT2D eigenvalue weighted by atomic mass is 19.1. The van der Waals surface area contributed by atoms with Gasteiger partial charge in [-0.05, 0) is 42.3 Å². The van der Waals surface area contributed by atoms with E-state index in [1.165, 1.54) is 6.07 Å². The van der Waals surface area contributed by atoms with E-state index in [0.717, 1.165) is 23.3 Å². The molecule has 1 aromatic heterocycles. The summed E-state index contributed by atoms with van der Waals surface area (Å²) in [6.07, 6.45) is 1.84. The van der Waals surface area contributed by atoms with Gasteiger partial charge in [0.15, 0.2) is 0 Å². The molecule has 17 heavy (non-hydrogen) atoms. The SMILES string of the molecule is Cc1ccnc(N)c1Cc1cc(F)ccc1F. The summed E-state index contributed by atoms with van der Waals surface area (Å²) in [6.45, 7) is 1.87. The number of pyridine rings is 1. The molecule has 4 heteroatoms. The molecule has 0 spiro atoms. The molecule has 0 aliphatic carbocycles. The number of hydrogen-bond donors (Lipinski definition) is 1. The maximum absolute atomic E-state index is 13.5. The van der Waals surface area contributed by atoms with E-state index >= 15 is 0 Å². The topological polar surface area (TPSA) is 38.9 Å². The molecule has 0 bridgehead atoms. The highest BCUT2D eigenvalue weighted by Crippen LogP contribution is 2.20. The van der Waals surface area contributed by atoms with Crippen molar-refractivity contribution in [1.29, 1.82) is 0 Å². The van der Waals surface area contributed by atoms with E-state index < -0.39 is 11.6 Å². The number of rotatable bonds is 2. The van der Waals surface area contributed by atoms with Crippen molar-refractivity contribution in [2.45, 2.75) is 13.3 Å². The normalized spacial score (nSPS) is 10.5. The van der Waals surface area contributed by atoms with E-state index in [1.54, 1.807) is 12.3 Å². The first-order valence-corrected chi connectivity index (χ1v) is 5.22. The Labute approximate surface area is 98.1 Å². The fourth-order valence-electron chi connectivity index (χ4n) is 1.71. The lowest BCUT2D eigenvalue weighted by Crippen LogP contribution is -2.02. The number of aromatic nitrogens is 1. The number of nitrogens with two attached hydrogens (primary N) is 1. The Bertz CT molecular complexity index is 533. The molecule has 0 aliphatic heterocycles. The third-order valence-corrected chi connectivity index (χ3v) is 2.70. The van der Waals surface area contributed by atoms with Gasteiger partial charge in [-0.25, -0.2) is 13.8 Å². The van der Waals surface area contributed by atoms with Gasteiger partial charge in [0.2, 0.25) is 0 Å². The van der Waals surface area contributed by atoms with Gasteiger partial charge in [-0.3, -0.25) is 0 Å². The van der Waals surface area contributed by atoms with E-state index in [1.807, 2.05) is 6.92 Å². The molecule has 1 aromatic carbocycles. The van der Waals surface area contributed by atoms with Crippen LogP contribution in [0, 0.1) is 18.6 Å². The van der Waals surface area contributed by atoms with Crippen molar-refractivity contribution in [1.82, 2.24) is 4.98 Å². The van der Waals surface area contributed by atoms with Crippen molar-refractivity contribution in [3.8, 4) is 0 Å². The Kier molecular flexibility index (Phi) is 3.04. The molecule has 88 valence electrons. The lowest BCUT2D eigenvalue weighted by Gasteiger charge is -2.09. The zero-order valence-corrected chi connectivity index (χ0v) is 9.37. The Morgan fingerprint density at radius 1 is 1.24 bits per heavy atom. The second-order valence-electron chi connectivity index (χ2n) is 3.90. The van der Waals surface area contributed by atoms with E-state index in [-0.39, 0.29) is 12.0 Å². The van der Waals surface area contributed by atoms with Gasteiger partial charge in [0.1, 0.15) is 17.5 Å². The Balaban J connectivity index is 2.41. The van der Waals surface area contributed by atoms with E-state index in [4.69, 9.17) is 5.73 Å². The fraction of sp³-hybridized carbons (Fsp3) is 0.154. The first-order chi connectivity index (χ1) is 8.08. The van der Waals surface area contributed by atoms with E-state index in [0.29, 0.717) is 5.82 Å². The number of nitrogens with zero attached hydrogens (tertiary/aromatic N) is 1. The van der Waals surface area contributed by atoms with Crippen LogP contribution < -0.4 is 5.73 Å². The molecular weight excluding hydrogens is 222 g/mol. The van der Waals surface area contributed by atoms with Crippen LogP contribution >= 0.6 is 0 Å². The van der Waals surface area contributed by atoms with Gasteiger partial charge in [0.25, 0.3) is 0 Å². The molecule has 0 aliphatic rings. The number of anilines is 1. The highest BCUT2D eigenvalue weighted by Gasteiger charge is 2.09. The summed E-state index contributed by atoms with van der Waals surface area (Å²) in [5.41, 5.74) is 7.67. The summed E-state index contributed by atoms with van der Waals surface area (Å²) in [5, 5.41) is 0. The third kappa shape index (κ3) is 2.41. The van der Waals surface area contributed by atoms with Gasteiger partial charge in [0.05, 0.1) is 0 Å². The van der Waals surface area contributed by atoms with Crippen LogP contribution in [0.25, 0.3) is 0 Å². The van der Waals surface area contributed by atoms with Crippen LogP contribution in [-0.4, -0.2) is 4.98 Å². The standard InChI is InChI=1S/C13H12F2N2/c1-8-4-5-17-13(16)11(8)7-9-6-10(14)2-3-12(9)15/h2-6H,7H2,1H3,(H2,16,17). The van der Waals surface area contributed by atoms with Gasteiger partial charge >= 0.3 is 0 Å². The van der Waals surface area contributed by atoms with Crippen LogP contribution in [0.3, 0.4) is 0 Å². The first-order valence-electron chi connectivity index (χ1n) is 5.22. The molecule has 0 unspecified atom stereocenters. The van der Waals surface area contributed by atoms with Crippen LogP contribution in [0.5, 0.6) is 0 Å². The number of aryl methyl sites for hydroxylation is 1. The zero-order chi connectivity index (χ0) is 12.4. The molecule has 0 saturated heterocycles.